The third-order valence-corrected chi connectivity index (χ3v) is 1.19. The molecule has 0 aromatic heterocycles. The monoisotopic (exact) mass is 135 g/mol. The largest absolute Gasteiger partial charge is 0.400 e. The molecule has 3 N–H and O–H groups in total. The Kier molecular flexibility index (Phi) is 4.61. The third kappa shape index (κ3) is 2.76. The summed E-state index contributed by atoms with van der Waals surface area (Å²) >= 11 is 0. The van der Waals surface area contributed by atoms with Crippen LogP contribution in [0.2, 0.25) is 0 Å². The standard InChI is InChI=1S/C4H9NO2.CH4O/c6-4-2-1-3-5(4)7;1-2/h4,6-7H,1-3H2;2H,1H3. The number of nitrogens with zero attached hydrogens (tertiary/aromatic N) is 1. The van der Waals surface area contributed by atoms with Crippen molar-refractivity contribution in [2.24, 2.45) is 0 Å². The zero-order valence-corrected chi connectivity index (χ0v) is 5.49. The highest BCUT2D eigenvalue weighted by atomic mass is 16.5. The van der Waals surface area contributed by atoms with Crippen LogP contribution in [-0.2, 0) is 0 Å². The summed E-state index contributed by atoms with van der Waals surface area (Å²) in [5.41, 5.74) is 0. The van der Waals surface area contributed by atoms with Crippen molar-refractivity contribution in [2.45, 2.75) is 19.1 Å². The molecule has 4 heteroatoms. The molecule has 1 aliphatic rings. The Morgan fingerprint density at radius 2 is 2.00 bits per heavy atom. The normalized spacial score (nSPS) is 27.3. The molecule has 1 aliphatic heterocycles. The van der Waals surface area contributed by atoms with Crippen molar-refractivity contribution in [1.29, 1.82) is 0 Å². The molecule has 56 valence electrons. The van der Waals surface area contributed by atoms with Gasteiger partial charge in [0.2, 0.25) is 0 Å². The van der Waals surface area contributed by atoms with Gasteiger partial charge in [-0.1, -0.05) is 0 Å². The van der Waals surface area contributed by atoms with E-state index in [1.54, 1.807) is 0 Å². The molecule has 0 amide bonds. The van der Waals surface area contributed by atoms with Crippen molar-refractivity contribution in [1.82, 2.24) is 5.06 Å². The lowest BCUT2D eigenvalue weighted by Gasteiger charge is -2.08. The van der Waals surface area contributed by atoms with E-state index in [9.17, 15) is 0 Å². The maximum Gasteiger partial charge on any atom is 0.129 e. The van der Waals surface area contributed by atoms with Gasteiger partial charge in [0.05, 0.1) is 0 Å². The summed E-state index contributed by atoms with van der Waals surface area (Å²) < 4.78 is 0. The van der Waals surface area contributed by atoms with Crippen molar-refractivity contribution in [2.75, 3.05) is 13.7 Å². The molecule has 0 aromatic carbocycles. The minimum atomic E-state index is -0.597. The molecule has 9 heavy (non-hydrogen) atoms. The fourth-order valence-corrected chi connectivity index (χ4v) is 0.734. The third-order valence-electron chi connectivity index (χ3n) is 1.19. The Hall–Kier alpha value is -0.160. The van der Waals surface area contributed by atoms with E-state index < -0.39 is 6.23 Å². The highest BCUT2D eigenvalue weighted by Gasteiger charge is 2.18. The first kappa shape index (κ1) is 8.84. The van der Waals surface area contributed by atoms with Crippen LogP contribution < -0.4 is 0 Å². The molecule has 0 aliphatic carbocycles. The first-order valence-electron chi connectivity index (χ1n) is 2.89. The average molecular weight is 135 g/mol. The summed E-state index contributed by atoms with van der Waals surface area (Å²) in [6.07, 6.45) is 1.01. The van der Waals surface area contributed by atoms with Gasteiger partial charge in [0.1, 0.15) is 6.23 Å². The summed E-state index contributed by atoms with van der Waals surface area (Å²) in [7, 11) is 1.00. The Morgan fingerprint density at radius 3 is 2.11 bits per heavy atom. The second kappa shape index (κ2) is 4.69. The fraction of sp³-hybridized carbons (Fsp3) is 1.00. The first-order valence-corrected chi connectivity index (χ1v) is 2.89. The van der Waals surface area contributed by atoms with Gasteiger partial charge in [0.15, 0.2) is 0 Å². The van der Waals surface area contributed by atoms with Crippen molar-refractivity contribution >= 4 is 0 Å². The molecule has 1 fully saturated rings. The van der Waals surface area contributed by atoms with Gasteiger partial charge in [-0.2, -0.15) is 5.06 Å². The second-order valence-corrected chi connectivity index (χ2v) is 1.79. The topological polar surface area (TPSA) is 63.9 Å². The molecule has 1 rings (SSSR count). The molecule has 0 aromatic rings. The van der Waals surface area contributed by atoms with E-state index >= 15 is 0 Å². The molecular formula is C5H13NO3. The van der Waals surface area contributed by atoms with Crippen LogP contribution in [-0.4, -0.2) is 40.4 Å². The van der Waals surface area contributed by atoms with Crippen molar-refractivity contribution in [3.63, 3.8) is 0 Å². The predicted octanol–water partition coefficient (Wildman–Crippen LogP) is -0.602. The van der Waals surface area contributed by atoms with E-state index in [4.69, 9.17) is 15.4 Å². The quantitative estimate of drug-likeness (QED) is 0.415. The highest BCUT2D eigenvalue weighted by Crippen LogP contribution is 2.09. The second-order valence-electron chi connectivity index (χ2n) is 1.79. The Morgan fingerprint density at radius 1 is 1.44 bits per heavy atom. The Labute approximate surface area is 54.3 Å². The number of aliphatic hydroxyl groups excluding tert-OH is 2. The van der Waals surface area contributed by atoms with Crippen LogP contribution >= 0.6 is 0 Å². The van der Waals surface area contributed by atoms with E-state index in [0.717, 1.165) is 18.6 Å². The maximum absolute atomic E-state index is 8.67. The zero-order valence-electron chi connectivity index (χ0n) is 5.49. The van der Waals surface area contributed by atoms with Gasteiger partial charge in [-0.25, -0.2) is 0 Å². The number of hydrogen-bond acceptors (Lipinski definition) is 4. The summed E-state index contributed by atoms with van der Waals surface area (Å²) in [5, 5.41) is 25.2. The highest BCUT2D eigenvalue weighted by molar-refractivity contribution is 4.60. The van der Waals surface area contributed by atoms with Gasteiger partial charge >= 0.3 is 0 Å². The number of hydroxylamine groups is 2. The molecule has 1 heterocycles. The molecule has 0 saturated carbocycles. The zero-order chi connectivity index (χ0) is 7.28. The Balaban J connectivity index is 0.000000291. The lowest BCUT2D eigenvalue weighted by Crippen LogP contribution is -2.24. The predicted molar refractivity (Wildman–Crippen MR) is 31.9 cm³/mol. The smallest absolute Gasteiger partial charge is 0.129 e. The van der Waals surface area contributed by atoms with Gasteiger partial charge < -0.3 is 15.4 Å². The van der Waals surface area contributed by atoms with E-state index in [-0.39, 0.29) is 0 Å². The molecule has 0 bridgehead atoms. The van der Waals surface area contributed by atoms with Crippen molar-refractivity contribution < 1.29 is 15.4 Å². The van der Waals surface area contributed by atoms with Crippen molar-refractivity contribution in [3.8, 4) is 0 Å². The van der Waals surface area contributed by atoms with Crippen LogP contribution in [0.25, 0.3) is 0 Å². The molecule has 1 unspecified atom stereocenters. The Bertz CT molecular complexity index is 61.2. The summed E-state index contributed by atoms with van der Waals surface area (Å²) in [4.78, 5) is 0. The fourth-order valence-electron chi connectivity index (χ4n) is 0.734. The lowest BCUT2D eigenvalue weighted by molar-refractivity contribution is -0.170. The number of rotatable bonds is 0. The van der Waals surface area contributed by atoms with E-state index in [1.165, 1.54) is 0 Å². The maximum atomic E-state index is 8.67. The minimum absolute atomic E-state index is 0.597. The summed E-state index contributed by atoms with van der Waals surface area (Å²) in [5.74, 6) is 0. The lowest BCUT2D eigenvalue weighted by atomic mass is 10.4. The van der Waals surface area contributed by atoms with Gasteiger partial charge in [-0.05, 0) is 12.8 Å². The molecule has 1 atom stereocenters. The van der Waals surface area contributed by atoms with Crippen LogP contribution in [0.5, 0.6) is 0 Å². The van der Waals surface area contributed by atoms with Gasteiger partial charge in [-0.15, -0.1) is 0 Å². The van der Waals surface area contributed by atoms with Crippen LogP contribution in [0.1, 0.15) is 12.8 Å². The van der Waals surface area contributed by atoms with Crippen molar-refractivity contribution in [3.05, 3.63) is 0 Å². The molecule has 1 saturated heterocycles. The van der Waals surface area contributed by atoms with Crippen LogP contribution in [0.3, 0.4) is 0 Å². The van der Waals surface area contributed by atoms with E-state index in [1.807, 2.05) is 0 Å². The average Bonchev–Trinajstić information content (AvgIpc) is 2.23. The van der Waals surface area contributed by atoms with Crippen LogP contribution in [0, 0.1) is 0 Å². The van der Waals surface area contributed by atoms with E-state index in [2.05, 4.69) is 0 Å². The summed E-state index contributed by atoms with van der Waals surface area (Å²) in [6.45, 7) is 0.612. The SMILES string of the molecule is CO.OC1CCCN1O. The minimum Gasteiger partial charge on any atom is -0.400 e. The molecular weight excluding hydrogens is 122 g/mol. The van der Waals surface area contributed by atoms with Crippen LogP contribution in [0.4, 0.5) is 0 Å². The number of aliphatic hydroxyl groups is 2. The number of hydrogen-bond donors (Lipinski definition) is 3. The van der Waals surface area contributed by atoms with Crippen LogP contribution in [0.15, 0.2) is 0 Å². The molecule has 0 radical (unpaired) electrons. The summed E-state index contributed by atoms with van der Waals surface area (Å²) in [6, 6.07) is 0. The van der Waals surface area contributed by atoms with E-state index in [0.29, 0.717) is 13.0 Å². The van der Waals surface area contributed by atoms with Gasteiger partial charge in [-0.3, -0.25) is 0 Å². The first-order chi connectivity index (χ1) is 4.30. The van der Waals surface area contributed by atoms with Gasteiger partial charge in [0, 0.05) is 13.7 Å². The van der Waals surface area contributed by atoms with Gasteiger partial charge in [0.25, 0.3) is 0 Å². The molecule has 0 spiro atoms. The molecule has 4 nitrogen and oxygen atoms in total.